The number of hydrogen-bond donors (Lipinski definition) is 0. The molecule has 0 saturated carbocycles. The first-order chi connectivity index (χ1) is 12.8. The van der Waals surface area contributed by atoms with Gasteiger partial charge in [-0.25, -0.2) is 9.79 Å². The fourth-order valence-corrected chi connectivity index (χ4v) is 4.06. The van der Waals surface area contributed by atoms with Crippen LogP contribution in [-0.4, -0.2) is 58.4 Å². The quantitative estimate of drug-likeness (QED) is 0.737. The predicted molar refractivity (Wildman–Crippen MR) is 107 cm³/mol. The fourth-order valence-electron chi connectivity index (χ4n) is 3.80. The normalized spacial score (nSPS) is 24.5. The molecule has 3 heterocycles. The molecule has 4 rings (SSSR count). The number of amides is 3. The van der Waals surface area contributed by atoms with Crippen molar-refractivity contribution in [3.8, 4) is 0 Å². The van der Waals surface area contributed by atoms with Crippen LogP contribution in [0.2, 0.25) is 0 Å². The molecule has 0 radical (unpaired) electrons. The number of anilines is 1. The average Bonchev–Trinajstić information content (AvgIpc) is 3.12. The van der Waals surface area contributed by atoms with Gasteiger partial charge in [0.1, 0.15) is 0 Å². The number of carbonyl (C=O) groups is 2. The van der Waals surface area contributed by atoms with E-state index in [-0.39, 0.29) is 17.9 Å². The molecule has 3 aliphatic heterocycles. The van der Waals surface area contributed by atoms with Gasteiger partial charge in [-0.1, -0.05) is 29.8 Å². The van der Waals surface area contributed by atoms with Gasteiger partial charge in [0.15, 0.2) is 12.2 Å². The molecule has 2 atom stereocenters. The van der Waals surface area contributed by atoms with Crippen LogP contribution < -0.4 is 4.90 Å². The third kappa shape index (κ3) is 2.74. The maximum absolute atomic E-state index is 13.1. The highest BCUT2D eigenvalue weighted by Crippen LogP contribution is 2.36. The first kappa shape index (κ1) is 18.0. The molecule has 0 aliphatic carbocycles. The number of rotatable bonds is 3. The largest absolute Gasteiger partial charge is 0.328 e. The number of hydrogen-bond acceptors (Lipinski definition) is 5. The van der Waals surface area contributed by atoms with Crippen molar-refractivity contribution in [2.75, 3.05) is 18.5 Å². The van der Waals surface area contributed by atoms with Crippen molar-refractivity contribution >= 4 is 39.5 Å². The van der Waals surface area contributed by atoms with Gasteiger partial charge < -0.3 is 9.80 Å². The molecule has 8 heteroatoms. The molecule has 1 aromatic carbocycles. The summed E-state index contributed by atoms with van der Waals surface area (Å²) in [6, 6.07) is 7.14. The number of benzene rings is 1. The van der Waals surface area contributed by atoms with Crippen LogP contribution in [0.4, 0.5) is 10.5 Å². The number of fused-ring (bicyclic) bond motifs is 3. The zero-order valence-corrected chi connectivity index (χ0v) is 17.3. The Balaban J connectivity index is 1.70. The molecule has 27 heavy (non-hydrogen) atoms. The Morgan fingerprint density at radius 2 is 1.85 bits per heavy atom. The first-order valence-corrected chi connectivity index (χ1v) is 9.77. The lowest BCUT2D eigenvalue weighted by atomic mass is 10.1. The highest BCUT2D eigenvalue weighted by atomic mass is 79.9. The Kier molecular flexibility index (Phi) is 4.25. The second-order valence-corrected chi connectivity index (χ2v) is 8.43. The molecule has 0 aromatic heterocycles. The highest BCUT2D eigenvalue weighted by molar-refractivity contribution is 9.10. The zero-order valence-electron chi connectivity index (χ0n) is 15.8. The van der Waals surface area contributed by atoms with Crippen LogP contribution in [0.3, 0.4) is 0 Å². The second kappa shape index (κ2) is 6.37. The van der Waals surface area contributed by atoms with Crippen molar-refractivity contribution in [3.05, 3.63) is 40.6 Å². The van der Waals surface area contributed by atoms with Crippen LogP contribution in [0.25, 0.3) is 0 Å². The van der Waals surface area contributed by atoms with Gasteiger partial charge in [-0.15, -0.1) is 0 Å². The van der Waals surface area contributed by atoms with Crippen molar-refractivity contribution in [3.63, 3.8) is 0 Å². The average molecular weight is 432 g/mol. The lowest BCUT2D eigenvalue weighted by Gasteiger charge is -2.40. The van der Waals surface area contributed by atoms with Crippen molar-refractivity contribution in [2.24, 2.45) is 10.9 Å². The molecule has 3 amide bonds. The summed E-state index contributed by atoms with van der Waals surface area (Å²) >= 11 is 3.46. The third-order valence-corrected chi connectivity index (χ3v) is 5.55. The minimum Gasteiger partial charge on any atom is -0.302 e. The van der Waals surface area contributed by atoms with Gasteiger partial charge in [0, 0.05) is 35.6 Å². The summed E-state index contributed by atoms with van der Waals surface area (Å²) in [6.07, 6.45) is 1.44. The van der Waals surface area contributed by atoms with E-state index < -0.39 is 12.2 Å². The molecule has 1 saturated heterocycles. The SMILES string of the molecule is CC1=CN2C(=NC3C2C(=O)N(CC(C)C)C(=O)N3C)N1c1ccc(Br)cc1. The van der Waals surface area contributed by atoms with E-state index in [1.165, 1.54) is 4.90 Å². The number of halogens is 1. The topological polar surface area (TPSA) is 59.5 Å². The molecule has 1 aromatic rings. The van der Waals surface area contributed by atoms with Gasteiger partial charge in [-0.3, -0.25) is 14.6 Å². The summed E-state index contributed by atoms with van der Waals surface area (Å²) in [5, 5.41) is 0. The smallest absolute Gasteiger partial charge is 0.302 e. The van der Waals surface area contributed by atoms with E-state index in [1.807, 2.05) is 61.0 Å². The Morgan fingerprint density at radius 3 is 2.48 bits per heavy atom. The third-order valence-electron chi connectivity index (χ3n) is 5.02. The van der Waals surface area contributed by atoms with Gasteiger partial charge in [0.2, 0.25) is 5.96 Å². The van der Waals surface area contributed by atoms with Crippen molar-refractivity contribution < 1.29 is 9.59 Å². The van der Waals surface area contributed by atoms with Crippen molar-refractivity contribution in [1.82, 2.24) is 14.7 Å². The summed E-state index contributed by atoms with van der Waals surface area (Å²) in [4.78, 5) is 37.5. The van der Waals surface area contributed by atoms with Crippen molar-refractivity contribution in [2.45, 2.75) is 33.0 Å². The van der Waals surface area contributed by atoms with Crippen LogP contribution in [0.15, 0.2) is 45.6 Å². The van der Waals surface area contributed by atoms with Crippen LogP contribution in [0.5, 0.6) is 0 Å². The van der Waals surface area contributed by atoms with Crippen LogP contribution in [0, 0.1) is 5.92 Å². The lowest BCUT2D eigenvalue weighted by Crippen LogP contribution is -2.64. The first-order valence-electron chi connectivity index (χ1n) is 8.98. The zero-order chi connectivity index (χ0) is 19.5. The van der Waals surface area contributed by atoms with Gasteiger partial charge >= 0.3 is 6.03 Å². The number of allylic oxidation sites excluding steroid dienone is 1. The van der Waals surface area contributed by atoms with E-state index in [1.54, 1.807) is 11.9 Å². The van der Waals surface area contributed by atoms with E-state index in [0.717, 1.165) is 15.9 Å². The molecule has 2 unspecified atom stereocenters. The van der Waals surface area contributed by atoms with Crippen LogP contribution >= 0.6 is 15.9 Å². The number of aliphatic imine (C=N–C) groups is 1. The molecule has 142 valence electrons. The minimum absolute atomic E-state index is 0.183. The summed E-state index contributed by atoms with van der Waals surface area (Å²) in [6.45, 7) is 6.40. The Bertz CT molecular complexity index is 863. The number of carbonyl (C=O) groups excluding carboxylic acids is 2. The maximum atomic E-state index is 13.1. The number of guanidine groups is 1. The summed E-state index contributed by atoms with van der Waals surface area (Å²) in [7, 11) is 1.71. The molecular weight excluding hydrogens is 410 g/mol. The number of likely N-dealkylation sites (N-methyl/N-ethyl adjacent to an activating group) is 1. The standard InChI is InChI=1S/C19H22BrN5O2/c1-11(2)9-24-17(26)15-16(22(4)19(24)27)21-18-23(15)10-12(3)25(18)14-7-5-13(20)6-8-14/h5-8,10-11,15-16H,9H2,1-4H3. The number of imide groups is 1. The minimum atomic E-state index is -0.517. The van der Waals surface area contributed by atoms with E-state index >= 15 is 0 Å². The highest BCUT2D eigenvalue weighted by Gasteiger charge is 2.54. The van der Waals surface area contributed by atoms with E-state index in [0.29, 0.717) is 12.5 Å². The summed E-state index contributed by atoms with van der Waals surface area (Å²) in [5.41, 5.74) is 1.95. The molecule has 1 fully saturated rings. The molecule has 0 spiro atoms. The van der Waals surface area contributed by atoms with Gasteiger partial charge in [0.25, 0.3) is 5.91 Å². The lowest BCUT2D eigenvalue weighted by molar-refractivity contribution is -0.137. The molecule has 0 bridgehead atoms. The van der Waals surface area contributed by atoms with Gasteiger partial charge in [-0.05, 0) is 37.1 Å². The summed E-state index contributed by atoms with van der Waals surface area (Å²) < 4.78 is 0.996. The van der Waals surface area contributed by atoms with Crippen molar-refractivity contribution in [1.29, 1.82) is 0 Å². The Morgan fingerprint density at radius 1 is 1.19 bits per heavy atom. The van der Waals surface area contributed by atoms with E-state index in [4.69, 9.17) is 4.99 Å². The maximum Gasteiger partial charge on any atom is 0.328 e. The molecular formula is C19H22BrN5O2. The molecule has 7 nitrogen and oxygen atoms in total. The van der Waals surface area contributed by atoms with Crippen LogP contribution in [-0.2, 0) is 4.79 Å². The van der Waals surface area contributed by atoms with E-state index in [2.05, 4.69) is 15.9 Å². The molecule has 3 aliphatic rings. The fraction of sp³-hybridized carbons (Fsp3) is 0.421. The van der Waals surface area contributed by atoms with Gasteiger partial charge in [0.05, 0.1) is 0 Å². The Hall–Kier alpha value is -2.35. The molecule has 0 N–H and O–H groups in total. The second-order valence-electron chi connectivity index (χ2n) is 7.51. The predicted octanol–water partition coefficient (Wildman–Crippen LogP) is 3.05. The monoisotopic (exact) mass is 431 g/mol. The summed E-state index contributed by atoms with van der Waals surface area (Å²) in [5.74, 6) is 0.709. The van der Waals surface area contributed by atoms with Crippen LogP contribution in [0.1, 0.15) is 20.8 Å². The Labute approximate surface area is 167 Å². The number of urea groups is 1. The van der Waals surface area contributed by atoms with E-state index in [9.17, 15) is 9.59 Å². The van der Waals surface area contributed by atoms with Gasteiger partial charge in [-0.2, -0.15) is 0 Å². The number of nitrogens with zero attached hydrogens (tertiary/aromatic N) is 5.